The van der Waals surface area contributed by atoms with E-state index in [0.717, 1.165) is 11.0 Å². The molecule has 26 heavy (non-hydrogen) atoms. The SMILES string of the molecule is COc1cc(C(=O)NCCNCc2cccc(Br)c2)cc(OC)c1OC. The average Bonchev–Trinajstić information content (AvgIpc) is 2.66. The van der Waals surface area contributed by atoms with Crippen molar-refractivity contribution < 1.29 is 19.0 Å². The standard InChI is InChI=1S/C19H23BrN2O4/c1-24-16-10-14(11-17(25-2)18(16)26-3)19(23)22-8-7-21-12-13-5-4-6-15(20)9-13/h4-6,9-11,21H,7-8,12H2,1-3H3,(H,22,23). The normalized spacial score (nSPS) is 10.3. The molecule has 0 unspecified atom stereocenters. The van der Waals surface area contributed by atoms with Crippen LogP contribution in [0.5, 0.6) is 17.2 Å². The third kappa shape index (κ3) is 5.37. The number of ether oxygens (including phenoxy) is 3. The highest BCUT2D eigenvalue weighted by Gasteiger charge is 2.16. The number of methoxy groups -OCH3 is 3. The van der Waals surface area contributed by atoms with Gasteiger partial charge in [-0.3, -0.25) is 4.79 Å². The topological polar surface area (TPSA) is 68.8 Å². The van der Waals surface area contributed by atoms with Gasteiger partial charge in [-0.1, -0.05) is 28.1 Å². The molecule has 0 saturated heterocycles. The minimum atomic E-state index is -0.200. The molecule has 0 heterocycles. The van der Waals surface area contributed by atoms with Crippen LogP contribution in [0.2, 0.25) is 0 Å². The highest BCUT2D eigenvalue weighted by atomic mass is 79.9. The Morgan fingerprint density at radius 1 is 1.00 bits per heavy atom. The summed E-state index contributed by atoms with van der Waals surface area (Å²) in [6.45, 7) is 1.89. The molecular formula is C19H23BrN2O4. The molecule has 0 fully saturated rings. The van der Waals surface area contributed by atoms with Gasteiger partial charge in [-0.05, 0) is 29.8 Å². The van der Waals surface area contributed by atoms with E-state index in [9.17, 15) is 4.79 Å². The molecule has 0 aromatic heterocycles. The summed E-state index contributed by atoms with van der Waals surface area (Å²) in [5.41, 5.74) is 1.63. The minimum absolute atomic E-state index is 0.200. The maximum atomic E-state index is 12.4. The zero-order valence-electron chi connectivity index (χ0n) is 15.1. The summed E-state index contributed by atoms with van der Waals surface area (Å²) < 4.78 is 16.9. The van der Waals surface area contributed by atoms with Gasteiger partial charge in [0.05, 0.1) is 21.3 Å². The van der Waals surface area contributed by atoms with Crippen molar-refractivity contribution in [2.24, 2.45) is 0 Å². The van der Waals surface area contributed by atoms with Crippen molar-refractivity contribution in [3.8, 4) is 17.2 Å². The Kier molecular flexibility index (Phi) is 7.74. The summed E-state index contributed by atoms with van der Waals surface area (Å²) in [6.07, 6.45) is 0. The van der Waals surface area contributed by atoms with Gasteiger partial charge < -0.3 is 24.8 Å². The Bertz CT molecular complexity index is 727. The molecule has 6 nitrogen and oxygen atoms in total. The first kappa shape index (κ1) is 20.1. The van der Waals surface area contributed by atoms with E-state index in [1.165, 1.54) is 26.9 Å². The number of halogens is 1. The van der Waals surface area contributed by atoms with Crippen molar-refractivity contribution in [1.29, 1.82) is 0 Å². The molecule has 0 bridgehead atoms. The molecule has 0 spiro atoms. The highest BCUT2D eigenvalue weighted by Crippen LogP contribution is 2.38. The largest absolute Gasteiger partial charge is 0.493 e. The van der Waals surface area contributed by atoms with Crippen LogP contribution in [-0.2, 0) is 6.54 Å². The first-order valence-corrected chi connectivity index (χ1v) is 8.91. The van der Waals surface area contributed by atoms with Gasteiger partial charge in [0.15, 0.2) is 11.5 Å². The van der Waals surface area contributed by atoms with Gasteiger partial charge in [0.2, 0.25) is 5.75 Å². The summed E-state index contributed by atoms with van der Waals surface area (Å²) in [6, 6.07) is 11.3. The van der Waals surface area contributed by atoms with E-state index in [2.05, 4.69) is 32.6 Å². The molecule has 1 amide bonds. The first-order chi connectivity index (χ1) is 12.6. The van der Waals surface area contributed by atoms with E-state index >= 15 is 0 Å². The Morgan fingerprint density at radius 3 is 2.27 bits per heavy atom. The molecular weight excluding hydrogens is 400 g/mol. The zero-order chi connectivity index (χ0) is 18.9. The van der Waals surface area contributed by atoms with Crippen LogP contribution in [-0.4, -0.2) is 40.3 Å². The number of hydrogen-bond donors (Lipinski definition) is 2. The lowest BCUT2D eigenvalue weighted by Gasteiger charge is -2.14. The second kappa shape index (κ2) is 10.0. The smallest absolute Gasteiger partial charge is 0.251 e. The average molecular weight is 423 g/mol. The quantitative estimate of drug-likeness (QED) is 0.607. The molecule has 0 radical (unpaired) electrons. The molecule has 7 heteroatoms. The number of hydrogen-bond acceptors (Lipinski definition) is 5. The highest BCUT2D eigenvalue weighted by molar-refractivity contribution is 9.10. The Labute approximate surface area is 162 Å². The van der Waals surface area contributed by atoms with Crippen LogP contribution in [0.4, 0.5) is 0 Å². The molecule has 140 valence electrons. The van der Waals surface area contributed by atoms with Crippen LogP contribution in [0.3, 0.4) is 0 Å². The molecule has 0 aliphatic heterocycles. The van der Waals surface area contributed by atoms with Crippen molar-refractivity contribution in [3.63, 3.8) is 0 Å². The van der Waals surface area contributed by atoms with E-state index in [0.29, 0.717) is 35.9 Å². The van der Waals surface area contributed by atoms with Crippen LogP contribution >= 0.6 is 15.9 Å². The van der Waals surface area contributed by atoms with Crippen LogP contribution < -0.4 is 24.8 Å². The Hall–Kier alpha value is -2.25. The van der Waals surface area contributed by atoms with E-state index in [-0.39, 0.29) is 5.91 Å². The molecule has 0 aliphatic rings. The molecule has 2 aromatic carbocycles. The monoisotopic (exact) mass is 422 g/mol. The molecule has 2 N–H and O–H groups in total. The molecule has 2 rings (SSSR count). The number of carbonyl (C=O) groups is 1. The van der Waals surface area contributed by atoms with Crippen LogP contribution in [0.1, 0.15) is 15.9 Å². The summed E-state index contributed by atoms with van der Waals surface area (Å²) in [7, 11) is 4.56. The van der Waals surface area contributed by atoms with E-state index in [1.54, 1.807) is 12.1 Å². The third-order valence-electron chi connectivity index (χ3n) is 3.73. The summed E-state index contributed by atoms with van der Waals surface area (Å²) in [5.74, 6) is 1.16. The Morgan fingerprint density at radius 2 is 1.69 bits per heavy atom. The minimum Gasteiger partial charge on any atom is -0.493 e. The van der Waals surface area contributed by atoms with Crippen molar-refractivity contribution in [1.82, 2.24) is 10.6 Å². The van der Waals surface area contributed by atoms with Crippen LogP contribution in [0, 0.1) is 0 Å². The van der Waals surface area contributed by atoms with Crippen molar-refractivity contribution in [2.45, 2.75) is 6.54 Å². The zero-order valence-corrected chi connectivity index (χ0v) is 16.7. The summed E-state index contributed by atoms with van der Waals surface area (Å²) in [5, 5.41) is 6.17. The van der Waals surface area contributed by atoms with Gasteiger partial charge in [-0.15, -0.1) is 0 Å². The molecule has 0 aliphatic carbocycles. The molecule has 2 aromatic rings. The van der Waals surface area contributed by atoms with Gasteiger partial charge >= 0.3 is 0 Å². The van der Waals surface area contributed by atoms with Crippen molar-refractivity contribution in [3.05, 3.63) is 52.0 Å². The molecule has 0 atom stereocenters. The molecule has 0 saturated carbocycles. The van der Waals surface area contributed by atoms with E-state index in [4.69, 9.17) is 14.2 Å². The lowest BCUT2D eigenvalue weighted by atomic mass is 10.1. The van der Waals surface area contributed by atoms with Gasteiger partial charge in [-0.25, -0.2) is 0 Å². The van der Waals surface area contributed by atoms with Crippen LogP contribution in [0.15, 0.2) is 40.9 Å². The number of amides is 1. The van der Waals surface area contributed by atoms with Gasteiger partial charge in [0.25, 0.3) is 5.91 Å². The van der Waals surface area contributed by atoms with Gasteiger partial charge in [0, 0.05) is 29.7 Å². The summed E-state index contributed by atoms with van der Waals surface area (Å²) in [4.78, 5) is 12.4. The van der Waals surface area contributed by atoms with Crippen molar-refractivity contribution >= 4 is 21.8 Å². The predicted octanol–water partition coefficient (Wildman–Crippen LogP) is 2.99. The van der Waals surface area contributed by atoms with Gasteiger partial charge in [0.1, 0.15) is 0 Å². The van der Waals surface area contributed by atoms with Crippen LogP contribution in [0.25, 0.3) is 0 Å². The second-order valence-corrected chi connectivity index (χ2v) is 6.39. The maximum absolute atomic E-state index is 12.4. The fourth-order valence-corrected chi connectivity index (χ4v) is 2.90. The lowest BCUT2D eigenvalue weighted by molar-refractivity contribution is 0.0953. The Balaban J connectivity index is 1.87. The van der Waals surface area contributed by atoms with E-state index in [1.807, 2.05) is 18.2 Å². The van der Waals surface area contributed by atoms with Crippen molar-refractivity contribution in [2.75, 3.05) is 34.4 Å². The number of benzene rings is 2. The predicted molar refractivity (Wildman–Crippen MR) is 104 cm³/mol. The van der Waals surface area contributed by atoms with Gasteiger partial charge in [-0.2, -0.15) is 0 Å². The summed E-state index contributed by atoms with van der Waals surface area (Å²) >= 11 is 3.45. The third-order valence-corrected chi connectivity index (χ3v) is 4.23. The lowest BCUT2D eigenvalue weighted by Crippen LogP contribution is -2.31. The number of rotatable bonds is 9. The number of nitrogens with one attached hydrogen (secondary N) is 2. The second-order valence-electron chi connectivity index (χ2n) is 5.48. The fraction of sp³-hybridized carbons (Fsp3) is 0.316. The maximum Gasteiger partial charge on any atom is 0.251 e. The number of carbonyl (C=O) groups excluding carboxylic acids is 1. The first-order valence-electron chi connectivity index (χ1n) is 8.12. The fourth-order valence-electron chi connectivity index (χ4n) is 2.46. The van der Waals surface area contributed by atoms with E-state index < -0.39 is 0 Å².